The molecule has 0 aliphatic heterocycles. The predicted molar refractivity (Wildman–Crippen MR) is 39.6 cm³/mol. The summed E-state index contributed by atoms with van der Waals surface area (Å²) in [6.45, 7) is 3.89. The van der Waals surface area contributed by atoms with Gasteiger partial charge in [-0.05, 0) is 19.9 Å². The van der Waals surface area contributed by atoms with E-state index >= 15 is 0 Å². The van der Waals surface area contributed by atoms with Crippen molar-refractivity contribution in [3.63, 3.8) is 0 Å². The summed E-state index contributed by atoms with van der Waals surface area (Å²) in [4.78, 5) is 3.09. The van der Waals surface area contributed by atoms with Gasteiger partial charge in [0.05, 0.1) is 6.21 Å². The number of oxime groups is 1. The fourth-order valence-electron chi connectivity index (χ4n) is 0.942. The zero-order chi connectivity index (χ0) is 7.56. The van der Waals surface area contributed by atoms with E-state index in [0.29, 0.717) is 0 Å². The first-order chi connectivity index (χ1) is 4.74. The summed E-state index contributed by atoms with van der Waals surface area (Å²) in [5, 5.41) is 11.1. The highest BCUT2D eigenvalue weighted by Gasteiger charge is 1.96. The lowest BCUT2D eigenvalue weighted by molar-refractivity contribution is 0.322. The Hall–Kier alpha value is -1.25. The summed E-state index contributed by atoms with van der Waals surface area (Å²) in [7, 11) is 0. The molecule has 0 aromatic carbocycles. The van der Waals surface area contributed by atoms with E-state index in [-0.39, 0.29) is 0 Å². The molecule has 0 saturated carbocycles. The summed E-state index contributed by atoms with van der Waals surface area (Å²) in [6.07, 6.45) is 1.42. The molecule has 0 spiro atoms. The molecular weight excluding hydrogens is 128 g/mol. The molecule has 0 aliphatic carbocycles. The van der Waals surface area contributed by atoms with Crippen LogP contribution >= 0.6 is 0 Å². The standard InChI is InChI=1S/C7H10N2O/c1-5-3-7(4-8-10)6(2)9-5/h3-4,9-10H,1-2H3. The van der Waals surface area contributed by atoms with Crippen LogP contribution in [0.5, 0.6) is 0 Å². The van der Waals surface area contributed by atoms with E-state index in [9.17, 15) is 0 Å². The number of nitrogens with one attached hydrogen (secondary N) is 1. The van der Waals surface area contributed by atoms with Gasteiger partial charge in [0, 0.05) is 17.0 Å². The third-order valence-corrected chi connectivity index (χ3v) is 1.39. The Morgan fingerprint density at radius 1 is 1.60 bits per heavy atom. The lowest BCUT2D eigenvalue weighted by atomic mass is 10.3. The minimum atomic E-state index is 0.931. The third-order valence-electron chi connectivity index (χ3n) is 1.39. The van der Waals surface area contributed by atoms with Crippen molar-refractivity contribution in [3.8, 4) is 0 Å². The lowest BCUT2D eigenvalue weighted by Crippen LogP contribution is -1.79. The van der Waals surface area contributed by atoms with Gasteiger partial charge in [-0.15, -0.1) is 0 Å². The van der Waals surface area contributed by atoms with E-state index in [1.807, 2.05) is 19.9 Å². The molecule has 10 heavy (non-hydrogen) atoms. The van der Waals surface area contributed by atoms with Crippen LogP contribution in [0.15, 0.2) is 11.2 Å². The molecular formula is C7H10N2O. The van der Waals surface area contributed by atoms with Crippen molar-refractivity contribution in [3.05, 3.63) is 23.0 Å². The normalized spacial score (nSPS) is 11.0. The number of H-pyrrole nitrogens is 1. The van der Waals surface area contributed by atoms with Gasteiger partial charge < -0.3 is 10.2 Å². The van der Waals surface area contributed by atoms with Gasteiger partial charge in [-0.1, -0.05) is 5.16 Å². The smallest absolute Gasteiger partial charge is 0.0751 e. The van der Waals surface area contributed by atoms with Crippen molar-refractivity contribution in [2.24, 2.45) is 5.16 Å². The minimum absolute atomic E-state index is 0.931. The molecule has 54 valence electrons. The van der Waals surface area contributed by atoms with E-state index < -0.39 is 0 Å². The first-order valence-electron chi connectivity index (χ1n) is 3.07. The number of rotatable bonds is 1. The van der Waals surface area contributed by atoms with Gasteiger partial charge in [-0.3, -0.25) is 0 Å². The quantitative estimate of drug-likeness (QED) is 0.344. The van der Waals surface area contributed by atoms with Crippen LogP contribution in [0.2, 0.25) is 0 Å². The largest absolute Gasteiger partial charge is 0.411 e. The molecule has 0 amide bonds. The second-order valence-corrected chi connectivity index (χ2v) is 2.28. The zero-order valence-corrected chi connectivity index (χ0v) is 6.05. The number of aromatic amines is 1. The first kappa shape index (κ1) is 6.86. The van der Waals surface area contributed by atoms with Gasteiger partial charge in [0.2, 0.25) is 0 Å². The maximum atomic E-state index is 8.21. The Morgan fingerprint density at radius 2 is 2.30 bits per heavy atom. The highest BCUT2D eigenvalue weighted by Crippen LogP contribution is 2.05. The second kappa shape index (κ2) is 2.56. The van der Waals surface area contributed by atoms with Gasteiger partial charge in [0.1, 0.15) is 0 Å². The molecule has 2 N–H and O–H groups in total. The molecule has 0 bridgehead atoms. The number of aryl methyl sites for hydroxylation is 2. The second-order valence-electron chi connectivity index (χ2n) is 2.28. The highest BCUT2D eigenvalue weighted by molar-refractivity contribution is 5.80. The Kier molecular flexibility index (Phi) is 1.76. The molecule has 1 heterocycles. The molecule has 1 aromatic heterocycles. The third kappa shape index (κ3) is 1.18. The summed E-state index contributed by atoms with van der Waals surface area (Å²) in [5.41, 5.74) is 3.03. The van der Waals surface area contributed by atoms with Crippen molar-refractivity contribution < 1.29 is 5.21 Å². The summed E-state index contributed by atoms with van der Waals surface area (Å²) < 4.78 is 0. The van der Waals surface area contributed by atoms with Crippen molar-refractivity contribution in [2.75, 3.05) is 0 Å². The van der Waals surface area contributed by atoms with Crippen LogP contribution in [0.4, 0.5) is 0 Å². The molecule has 0 fully saturated rings. The van der Waals surface area contributed by atoms with Gasteiger partial charge in [0.15, 0.2) is 0 Å². The van der Waals surface area contributed by atoms with Crippen molar-refractivity contribution in [1.82, 2.24) is 4.98 Å². The summed E-state index contributed by atoms with van der Waals surface area (Å²) in [5.74, 6) is 0. The van der Waals surface area contributed by atoms with Crippen molar-refractivity contribution in [1.29, 1.82) is 0 Å². The maximum absolute atomic E-state index is 8.21. The van der Waals surface area contributed by atoms with Crippen molar-refractivity contribution in [2.45, 2.75) is 13.8 Å². The van der Waals surface area contributed by atoms with E-state index in [1.165, 1.54) is 6.21 Å². The predicted octanol–water partition coefficient (Wildman–Crippen LogP) is 1.44. The molecule has 3 nitrogen and oxygen atoms in total. The highest BCUT2D eigenvalue weighted by atomic mass is 16.4. The fourth-order valence-corrected chi connectivity index (χ4v) is 0.942. The van der Waals surface area contributed by atoms with Crippen LogP contribution < -0.4 is 0 Å². The van der Waals surface area contributed by atoms with Crippen LogP contribution in [0.1, 0.15) is 17.0 Å². The molecule has 0 aliphatic rings. The molecule has 0 radical (unpaired) electrons. The Morgan fingerprint density at radius 3 is 2.70 bits per heavy atom. The van der Waals surface area contributed by atoms with E-state index in [1.54, 1.807) is 0 Å². The molecule has 0 unspecified atom stereocenters. The van der Waals surface area contributed by atoms with Crippen LogP contribution in [0, 0.1) is 13.8 Å². The first-order valence-corrected chi connectivity index (χ1v) is 3.07. The SMILES string of the molecule is Cc1cc(C=NO)c(C)[nH]1. The molecule has 1 rings (SSSR count). The average molecular weight is 138 g/mol. The molecule has 1 aromatic rings. The van der Waals surface area contributed by atoms with Gasteiger partial charge in [-0.2, -0.15) is 0 Å². The summed E-state index contributed by atoms with van der Waals surface area (Å²) >= 11 is 0. The topological polar surface area (TPSA) is 48.4 Å². The monoisotopic (exact) mass is 138 g/mol. The molecule has 3 heteroatoms. The van der Waals surface area contributed by atoms with Crippen LogP contribution in [-0.2, 0) is 0 Å². The minimum Gasteiger partial charge on any atom is -0.411 e. The Bertz CT molecular complexity index is 250. The van der Waals surface area contributed by atoms with Crippen LogP contribution in [0.25, 0.3) is 0 Å². The molecule has 0 atom stereocenters. The van der Waals surface area contributed by atoms with Crippen LogP contribution in [-0.4, -0.2) is 16.4 Å². The van der Waals surface area contributed by atoms with E-state index in [2.05, 4.69) is 10.1 Å². The summed E-state index contributed by atoms with van der Waals surface area (Å²) in [6, 6.07) is 1.93. The van der Waals surface area contributed by atoms with Gasteiger partial charge in [0.25, 0.3) is 0 Å². The number of nitrogens with zero attached hydrogens (tertiary/aromatic N) is 1. The number of hydrogen-bond donors (Lipinski definition) is 2. The average Bonchev–Trinajstić information content (AvgIpc) is 2.13. The number of hydrogen-bond acceptors (Lipinski definition) is 2. The number of aromatic nitrogens is 1. The van der Waals surface area contributed by atoms with Crippen LogP contribution in [0.3, 0.4) is 0 Å². The van der Waals surface area contributed by atoms with Gasteiger partial charge >= 0.3 is 0 Å². The fraction of sp³-hybridized carbons (Fsp3) is 0.286. The Labute approximate surface area is 59.4 Å². The maximum Gasteiger partial charge on any atom is 0.0751 e. The Balaban J connectivity index is 3.03. The van der Waals surface area contributed by atoms with E-state index in [0.717, 1.165) is 17.0 Å². The zero-order valence-electron chi connectivity index (χ0n) is 6.05. The van der Waals surface area contributed by atoms with E-state index in [4.69, 9.17) is 5.21 Å². The lowest BCUT2D eigenvalue weighted by Gasteiger charge is -1.84. The van der Waals surface area contributed by atoms with Crippen molar-refractivity contribution >= 4 is 6.21 Å². The molecule has 0 saturated heterocycles. The van der Waals surface area contributed by atoms with Gasteiger partial charge in [-0.25, -0.2) is 0 Å².